The number of carbonyl (C=O) groups is 2. The summed E-state index contributed by atoms with van der Waals surface area (Å²) in [5, 5.41) is 0. The van der Waals surface area contributed by atoms with Crippen molar-refractivity contribution >= 4 is 17.6 Å². The van der Waals surface area contributed by atoms with E-state index in [4.69, 9.17) is 9.47 Å². The molecule has 0 aliphatic rings. The molecular formula is C19H27NO4. The molecule has 24 heavy (non-hydrogen) atoms. The number of nitrogens with zero attached hydrogens (tertiary/aromatic N) is 1. The first-order valence-corrected chi connectivity index (χ1v) is 8.27. The van der Waals surface area contributed by atoms with Crippen molar-refractivity contribution < 1.29 is 19.1 Å². The molecule has 5 nitrogen and oxygen atoms in total. The van der Waals surface area contributed by atoms with Gasteiger partial charge in [0.1, 0.15) is 0 Å². The number of rotatable bonds is 10. The van der Waals surface area contributed by atoms with Crippen LogP contribution in [-0.4, -0.2) is 38.7 Å². The van der Waals surface area contributed by atoms with Crippen LogP contribution in [0.4, 0.5) is 5.69 Å². The molecule has 0 spiro atoms. The zero-order valence-corrected chi connectivity index (χ0v) is 14.7. The van der Waals surface area contributed by atoms with Gasteiger partial charge in [0.2, 0.25) is 0 Å². The average Bonchev–Trinajstić information content (AvgIpc) is 2.59. The van der Waals surface area contributed by atoms with Gasteiger partial charge in [0.15, 0.2) is 5.92 Å². The molecule has 0 aliphatic carbocycles. The van der Waals surface area contributed by atoms with E-state index in [0.717, 1.165) is 5.69 Å². The van der Waals surface area contributed by atoms with Crippen molar-refractivity contribution in [1.82, 2.24) is 0 Å². The highest BCUT2D eigenvalue weighted by Gasteiger charge is 2.35. The smallest absolute Gasteiger partial charge is 0.320 e. The van der Waals surface area contributed by atoms with Crippen LogP contribution in [0.2, 0.25) is 0 Å². The van der Waals surface area contributed by atoms with Gasteiger partial charge in [-0.15, -0.1) is 6.58 Å². The Morgan fingerprint density at radius 2 is 1.67 bits per heavy atom. The first kappa shape index (κ1) is 19.7. The maximum Gasteiger partial charge on any atom is 0.320 e. The Morgan fingerprint density at radius 1 is 1.12 bits per heavy atom. The summed E-state index contributed by atoms with van der Waals surface area (Å²) in [5.41, 5.74) is 1.07. The third kappa shape index (κ3) is 5.72. The summed E-state index contributed by atoms with van der Waals surface area (Å²) in [7, 11) is 1.97. The fraction of sp³-hybridized carbons (Fsp3) is 0.474. The lowest BCUT2D eigenvalue weighted by Crippen LogP contribution is -2.35. The summed E-state index contributed by atoms with van der Waals surface area (Å²) in [4.78, 5) is 26.5. The molecule has 0 radical (unpaired) electrons. The molecule has 0 N–H and O–H groups in total. The van der Waals surface area contributed by atoms with Gasteiger partial charge in [-0.2, -0.15) is 0 Å². The molecule has 0 saturated heterocycles. The lowest BCUT2D eigenvalue weighted by molar-refractivity contribution is -0.163. The predicted octanol–water partition coefficient (Wildman–Crippen LogP) is 3.06. The van der Waals surface area contributed by atoms with Crippen LogP contribution >= 0.6 is 0 Å². The van der Waals surface area contributed by atoms with Gasteiger partial charge in [-0.1, -0.05) is 24.3 Å². The molecule has 0 aliphatic heterocycles. The Kier molecular flexibility index (Phi) is 8.61. The second-order valence-electron chi connectivity index (χ2n) is 5.43. The van der Waals surface area contributed by atoms with Gasteiger partial charge in [0, 0.05) is 25.2 Å². The maximum absolute atomic E-state index is 12.2. The van der Waals surface area contributed by atoms with Crippen LogP contribution in [0.15, 0.2) is 43.0 Å². The van der Waals surface area contributed by atoms with E-state index in [-0.39, 0.29) is 19.1 Å². The van der Waals surface area contributed by atoms with Crippen LogP contribution in [0.1, 0.15) is 20.3 Å². The number of hydrogen-bond acceptors (Lipinski definition) is 5. The van der Waals surface area contributed by atoms with Crippen molar-refractivity contribution in [3.8, 4) is 0 Å². The summed E-state index contributed by atoms with van der Waals surface area (Å²) in [6, 6.07) is 9.92. The molecule has 0 heterocycles. The summed E-state index contributed by atoms with van der Waals surface area (Å²) >= 11 is 0. The summed E-state index contributed by atoms with van der Waals surface area (Å²) < 4.78 is 10.1. The number of benzene rings is 1. The SMILES string of the molecule is C=CC(CCN(C)c1ccccc1)C(C(=O)OCC)C(=O)OCC. The minimum Gasteiger partial charge on any atom is -0.465 e. The average molecular weight is 333 g/mol. The first-order chi connectivity index (χ1) is 11.5. The molecule has 1 unspecified atom stereocenters. The monoisotopic (exact) mass is 333 g/mol. The molecule has 1 atom stereocenters. The van der Waals surface area contributed by atoms with E-state index >= 15 is 0 Å². The molecular weight excluding hydrogens is 306 g/mol. The predicted molar refractivity (Wildman–Crippen MR) is 94.8 cm³/mol. The van der Waals surface area contributed by atoms with Crippen molar-refractivity contribution in [2.45, 2.75) is 20.3 Å². The summed E-state index contributed by atoms with van der Waals surface area (Å²) in [6.07, 6.45) is 2.23. The number of carbonyl (C=O) groups excluding carboxylic acids is 2. The van der Waals surface area contributed by atoms with Crippen molar-refractivity contribution in [2.24, 2.45) is 11.8 Å². The Morgan fingerprint density at radius 3 is 2.12 bits per heavy atom. The molecule has 5 heteroatoms. The van der Waals surface area contributed by atoms with E-state index in [1.165, 1.54) is 0 Å². The van der Waals surface area contributed by atoms with Crippen molar-refractivity contribution in [3.63, 3.8) is 0 Å². The number of hydrogen-bond donors (Lipinski definition) is 0. The zero-order valence-electron chi connectivity index (χ0n) is 14.7. The Hall–Kier alpha value is -2.30. The Bertz CT molecular complexity index is 511. The van der Waals surface area contributed by atoms with Crippen LogP contribution in [0.5, 0.6) is 0 Å². The lowest BCUT2D eigenvalue weighted by atomic mass is 9.89. The molecule has 1 aromatic rings. The molecule has 0 aromatic heterocycles. The number of allylic oxidation sites excluding steroid dienone is 1. The van der Waals surface area contributed by atoms with Crippen LogP contribution in [0.25, 0.3) is 0 Å². The van der Waals surface area contributed by atoms with Crippen molar-refractivity contribution in [1.29, 1.82) is 0 Å². The second kappa shape index (κ2) is 10.5. The number of anilines is 1. The van der Waals surface area contributed by atoms with E-state index in [0.29, 0.717) is 13.0 Å². The topological polar surface area (TPSA) is 55.8 Å². The highest BCUT2D eigenvalue weighted by Crippen LogP contribution is 2.23. The highest BCUT2D eigenvalue weighted by atomic mass is 16.6. The summed E-state index contributed by atoms with van der Waals surface area (Å²) in [6.45, 7) is 8.34. The summed E-state index contributed by atoms with van der Waals surface area (Å²) in [5.74, 6) is -2.41. The van der Waals surface area contributed by atoms with E-state index < -0.39 is 17.9 Å². The van der Waals surface area contributed by atoms with E-state index in [1.54, 1.807) is 19.9 Å². The van der Waals surface area contributed by atoms with Gasteiger partial charge in [0.05, 0.1) is 13.2 Å². The quantitative estimate of drug-likeness (QED) is 0.374. The number of esters is 2. The third-order valence-electron chi connectivity index (χ3n) is 3.81. The van der Waals surface area contributed by atoms with Crippen molar-refractivity contribution in [3.05, 3.63) is 43.0 Å². The molecule has 132 valence electrons. The van der Waals surface area contributed by atoms with Crippen molar-refractivity contribution in [2.75, 3.05) is 31.7 Å². The van der Waals surface area contributed by atoms with Gasteiger partial charge in [-0.3, -0.25) is 9.59 Å². The molecule has 0 bridgehead atoms. The number of ether oxygens (including phenoxy) is 2. The van der Waals surface area contributed by atoms with E-state index in [9.17, 15) is 9.59 Å². The number of para-hydroxylation sites is 1. The van der Waals surface area contributed by atoms with Crippen LogP contribution in [0, 0.1) is 11.8 Å². The van der Waals surface area contributed by atoms with Gasteiger partial charge < -0.3 is 14.4 Å². The van der Waals surface area contributed by atoms with Gasteiger partial charge >= 0.3 is 11.9 Å². The zero-order chi connectivity index (χ0) is 17.9. The lowest BCUT2D eigenvalue weighted by Gasteiger charge is -2.25. The fourth-order valence-corrected chi connectivity index (χ4v) is 2.48. The fourth-order valence-electron chi connectivity index (χ4n) is 2.48. The van der Waals surface area contributed by atoms with Gasteiger partial charge in [-0.25, -0.2) is 0 Å². The normalized spacial score (nSPS) is 11.7. The van der Waals surface area contributed by atoms with Crippen LogP contribution in [-0.2, 0) is 19.1 Å². The van der Waals surface area contributed by atoms with Gasteiger partial charge in [0.25, 0.3) is 0 Å². The molecule has 1 aromatic carbocycles. The molecule has 0 fully saturated rings. The van der Waals surface area contributed by atoms with Crippen LogP contribution in [0.3, 0.4) is 0 Å². The highest BCUT2D eigenvalue weighted by molar-refractivity contribution is 5.95. The molecule has 1 rings (SSSR count). The van der Waals surface area contributed by atoms with E-state index in [1.807, 2.05) is 37.4 Å². The molecule has 0 saturated carbocycles. The van der Waals surface area contributed by atoms with E-state index in [2.05, 4.69) is 11.5 Å². The second-order valence-corrected chi connectivity index (χ2v) is 5.43. The Balaban J connectivity index is 2.79. The first-order valence-electron chi connectivity index (χ1n) is 8.27. The largest absolute Gasteiger partial charge is 0.465 e. The van der Waals surface area contributed by atoms with Crippen LogP contribution < -0.4 is 4.90 Å². The minimum absolute atomic E-state index is 0.225. The Labute approximate surface area is 144 Å². The van der Waals surface area contributed by atoms with Gasteiger partial charge in [-0.05, 0) is 32.4 Å². The third-order valence-corrected chi connectivity index (χ3v) is 3.81. The molecule has 0 amide bonds. The standard InChI is InChI=1S/C19H27NO4/c1-5-15(13-14-20(4)16-11-9-8-10-12-16)17(18(21)23-6-2)19(22)24-7-3/h5,8-12,15,17H,1,6-7,13-14H2,2-4H3. The minimum atomic E-state index is -0.966. The maximum atomic E-state index is 12.2.